The Morgan fingerprint density at radius 2 is 1.75 bits per heavy atom. The molecule has 16 heavy (non-hydrogen) atoms. The van der Waals surface area contributed by atoms with E-state index in [1.807, 2.05) is 29.1 Å². The first-order chi connectivity index (χ1) is 7.54. The third kappa shape index (κ3) is 2.82. The number of hydrogen-bond donors (Lipinski definition) is 0. The Hall–Kier alpha value is -1.35. The van der Waals surface area contributed by atoms with E-state index in [0.29, 0.717) is 0 Å². The van der Waals surface area contributed by atoms with Crippen LogP contribution in [0.4, 0.5) is 0 Å². The van der Waals surface area contributed by atoms with Crippen LogP contribution in [0.15, 0.2) is 42.6 Å². The van der Waals surface area contributed by atoms with E-state index in [9.17, 15) is 0 Å². The molecule has 0 aliphatic heterocycles. The Morgan fingerprint density at radius 3 is 2.38 bits per heavy atom. The van der Waals surface area contributed by atoms with Crippen molar-refractivity contribution in [2.24, 2.45) is 0 Å². The smallest absolute Gasteiger partial charge is 0.0645 e. The van der Waals surface area contributed by atoms with Crippen molar-refractivity contribution in [1.82, 2.24) is 9.78 Å². The fraction of sp³-hybridized carbons (Fsp3) is 0.308. The molecule has 84 valence electrons. The number of benzene rings is 1. The SMILES string of the molecule is C[Si](C)(C)Cc1ccn(-c2ccccc2)n1. The molecule has 1 aromatic heterocycles. The second-order valence-corrected chi connectivity index (χ2v) is 10.8. The molecule has 3 heteroatoms. The van der Waals surface area contributed by atoms with Crippen LogP contribution >= 0.6 is 0 Å². The highest BCUT2D eigenvalue weighted by Gasteiger charge is 2.15. The largest absolute Gasteiger partial charge is 0.241 e. The minimum absolute atomic E-state index is 1.06. The molecule has 0 radical (unpaired) electrons. The summed E-state index contributed by atoms with van der Waals surface area (Å²) in [5.41, 5.74) is 2.34. The molecule has 0 saturated carbocycles. The highest BCUT2D eigenvalue weighted by Crippen LogP contribution is 2.12. The molecule has 2 rings (SSSR count). The van der Waals surface area contributed by atoms with Crippen LogP contribution in [-0.2, 0) is 6.04 Å². The minimum Gasteiger partial charge on any atom is -0.241 e. The quantitative estimate of drug-likeness (QED) is 0.740. The second kappa shape index (κ2) is 4.26. The summed E-state index contributed by atoms with van der Waals surface area (Å²) in [6.45, 7) is 7.11. The van der Waals surface area contributed by atoms with Crippen LogP contribution in [0.5, 0.6) is 0 Å². The fourth-order valence-corrected chi connectivity index (χ4v) is 3.00. The monoisotopic (exact) mass is 230 g/mol. The van der Waals surface area contributed by atoms with Gasteiger partial charge >= 0.3 is 0 Å². The van der Waals surface area contributed by atoms with E-state index < -0.39 is 8.07 Å². The van der Waals surface area contributed by atoms with Crippen molar-refractivity contribution in [3.8, 4) is 5.69 Å². The van der Waals surface area contributed by atoms with Crippen molar-refractivity contribution in [1.29, 1.82) is 0 Å². The zero-order valence-corrected chi connectivity index (χ0v) is 11.1. The highest BCUT2D eigenvalue weighted by molar-refractivity contribution is 6.75. The van der Waals surface area contributed by atoms with Gasteiger partial charge in [-0.15, -0.1) is 0 Å². The van der Waals surface area contributed by atoms with Crippen LogP contribution in [0.1, 0.15) is 5.69 Å². The number of para-hydroxylation sites is 1. The van der Waals surface area contributed by atoms with E-state index in [2.05, 4.69) is 42.9 Å². The average molecular weight is 230 g/mol. The maximum absolute atomic E-state index is 4.62. The lowest BCUT2D eigenvalue weighted by molar-refractivity contribution is 0.855. The fourth-order valence-electron chi connectivity index (χ4n) is 1.72. The summed E-state index contributed by atoms with van der Waals surface area (Å²) in [6, 6.07) is 13.5. The van der Waals surface area contributed by atoms with Crippen LogP contribution < -0.4 is 0 Å². The molecular weight excluding hydrogens is 212 g/mol. The van der Waals surface area contributed by atoms with Crippen LogP contribution in [0.2, 0.25) is 19.6 Å². The number of aromatic nitrogens is 2. The molecule has 0 bridgehead atoms. The highest BCUT2D eigenvalue weighted by atomic mass is 28.3. The van der Waals surface area contributed by atoms with Gasteiger partial charge in [0.1, 0.15) is 0 Å². The Labute approximate surface area is 97.9 Å². The molecule has 0 unspecified atom stereocenters. The van der Waals surface area contributed by atoms with E-state index in [0.717, 1.165) is 11.7 Å². The van der Waals surface area contributed by atoms with Crippen molar-refractivity contribution in [2.75, 3.05) is 0 Å². The molecule has 0 spiro atoms. The molecule has 0 atom stereocenters. The van der Waals surface area contributed by atoms with E-state index in [1.165, 1.54) is 5.69 Å². The van der Waals surface area contributed by atoms with Gasteiger partial charge in [-0.3, -0.25) is 0 Å². The molecule has 2 aromatic rings. The van der Waals surface area contributed by atoms with Gasteiger partial charge in [0.15, 0.2) is 0 Å². The van der Waals surface area contributed by atoms with Gasteiger partial charge in [0, 0.05) is 6.20 Å². The molecule has 1 aromatic carbocycles. The van der Waals surface area contributed by atoms with Crippen LogP contribution in [-0.4, -0.2) is 17.9 Å². The predicted molar refractivity (Wildman–Crippen MR) is 70.6 cm³/mol. The van der Waals surface area contributed by atoms with Crippen molar-refractivity contribution in [2.45, 2.75) is 25.7 Å². The van der Waals surface area contributed by atoms with E-state index in [4.69, 9.17) is 0 Å². The van der Waals surface area contributed by atoms with Gasteiger partial charge < -0.3 is 0 Å². The van der Waals surface area contributed by atoms with Gasteiger partial charge in [0.05, 0.1) is 19.5 Å². The van der Waals surface area contributed by atoms with Crippen LogP contribution in [0, 0.1) is 0 Å². The molecule has 0 N–H and O–H groups in total. The van der Waals surface area contributed by atoms with Crippen LogP contribution in [0.3, 0.4) is 0 Å². The summed E-state index contributed by atoms with van der Waals surface area (Å²) < 4.78 is 1.95. The topological polar surface area (TPSA) is 17.8 Å². The normalized spacial score (nSPS) is 11.7. The molecular formula is C13H18N2Si. The van der Waals surface area contributed by atoms with Gasteiger partial charge in [0.25, 0.3) is 0 Å². The number of hydrogen-bond acceptors (Lipinski definition) is 1. The molecule has 0 aliphatic carbocycles. The summed E-state index contributed by atoms with van der Waals surface area (Å²) >= 11 is 0. The van der Waals surface area contributed by atoms with Crippen molar-refractivity contribution in [3.05, 3.63) is 48.3 Å². The summed E-state index contributed by atoms with van der Waals surface area (Å²) in [5.74, 6) is 0. The molecule has 0 aliphatic rings. The second-order valence-electron chi connectivity index (χ2n) is 5.32. The van der Waals surface area contributed by atoms with E-state index in [-0.39, 0.29) is 0 Å². The lowest BCUT2D eigenvalue weighted by atomic mass is 10.3. The predicted octanol–water partition coefficient (Wildman–Crippen LogP) is 3.29. The maximum Gasteiger partial charge on any atom is 0.0645 e. The van der Waals surface area contributed by atoms with Crippen molar-refractivity contribution in [3.63, 3.8) is 0 Å². The zero-order chi connectivity index (χ0) is 11.6. The summed E-state index contributed by atoms with van der Waals surface area (Å²) in [7, 11) is -1.06. The first kappa shape index (κ1) is 11.1. The zero-order valence-electron chi connectivity index (χ0n) is 10.1. The van der Waals surface area contributed by atoms with Crippen molar-refractivity contribution < 1.29 is 0 Å². The lowest BCUT2D eigenvalue weighted by Crippen LogP contribution is -2.24. The average Bonchev–Trinajstić information content (AvgIpc) is 2.65. The van der Waals surface area contributed by atoms with Gasteiger partial charge in [-0.05, 0) is 24.2 Å². The summed E-state index contributed by atoms with van der Waals surface area (Å²) in [4.78, 5) is 0. The number of nitrogens with zero attached hydrogens (tertiary/aromatic N) is 2. The first-order valence-electron chi connectivity index (χ1n) is 5.65. The lowest BCUT2D eigenvalue weighted by Gasteiger charge is -2.12. The van der Waals surface area contributed by atoms with Crippen LogP contribution in [0.25, 0.3) is 5.69 Å². The Kier molecular flexibility index (Phi) is 2.96. The third-order valence-corrected chi connectivity index (χ3v) is 3.80. The summed E-state index contributed by atoms with van der Waals surface area (Å²) in [5, 5.41) is 4.62. The molecule has 2 nitrogen and oxygen atoms in total. The minimum atomic E-state index is -1.06. The van der Waals surface area contributed by atoms with Gasteiger partial charge in [-0.2, -0.15) is 5.10 Å². The number of rotatable bonds is 3. The molecule has 0 saturated heterocycles. The van der Waals surface area contributed by atoms with Gasteiger partial charge in [0.2, 0.25) is 0 Å². The Bertz CT molecular complexity index is 454. The molecule has 1 heterocycles. The summed E-state index contributed by atoms with van der Waals surface area (Å²) in [6.07, 6.45) is 2.05. The molecule has 0 fully saturated rings. The van der Waals surface area contributed by atoms with E-state index >= 15 is 0 Å². The van der Waals surface area contributed by atoms with E-state index in [1.54, 1.807) is 0 Å². The Balaban J connectivity index is 2.21. The maximum atomic E-state index is 4.62. The first-order valence-corrected chi connectivity index (χ1v) is 9.35. The Morgan fingerprint density at radius 1 is 1.06 bits per heavy atom. The van der Waals surface area contributed by atoms with Gasteiger partial charge in [-0.1, -0.05) is 37.8 Å². The standard InChI is InChI=1S/C13H18N2Si/c1-16(2,3)11-12-9-10-15(14-12)13-7-5-4-6-8-13/h4-10H,11H2,1-3H3. The molecule has 0 amide bonds. The third-order valence-electron chi connectivity index (χ3n) is 2.38. The van der Waals surface area contributed by atoms with Gasteiger partial charge in [-0.25, -0.2) is 4.68 Å². The van der Waals surface area contributed by atoms with Crippen molar-refractivity contribution >= 4 is 8.07 Å².